The number of thiazole rings is 1. The van der Waals surface area contributed by atoms with E-state index in [1.165, 1.54) is 11.3 Å². The summed E-state index contributed by atoms with van der Waals surface area (Å²) >= 11 is 7.63. The van der Waals surface area contributed by atoms with Gasteiger partial charge < -0.3 is 0 Å². The summed E-state index contributed by atoms with van der Waals surface area (Å²) < 4.78 is 1.67. The van der Waals surface area contributed by atoms with Crippen LogP contribution in [0.1, 0.15) is 20.9 Å². The molecule has 0 unspecified atom stereocenters. The molecule has 0 aliphatic heterocycles. The lowest BCUT2D eigenvalue weighted by molar-refractivity contribution is 0.102. The molecule has 0 spiro atoms. The maximum absolute atomic E-state index is 12.4. The van der Waals surface area contributed by atoms with Crippen LogP contribution in [0.15, 0.2) is 73.1 Å². The van der Waals surface area contributed by atoms with Crippen LogP contribution in [0.4, 0.5) is 5.13 Å². The summed E-state index contributed by atoms with van der Waals surface area (Å²) in [4.78, 5) is 17.7. The number of nitrogens with zero attached hydrogens (tertiary/aromatic N) is 3. The predicted octanol–water partition coefficient (Wildman–Crippen LogP) is 4.83. The summed E-state index contributed by atoms with van der Waals surface area (Å²) in [5.74, 6) is -0.289. The monoisotopic (exact) mass is 394 g/mol. The second-order valence-corrected chi connectivity index (χ2v) is 7.36. The first-order valence-electron chi connectivity index (χ1n) is 8.29. The molecule has 0 aliphatic rings. The van der Waals surface area contributed by atoms with E-state index in [1.54, 1.807) is 23.1 Å². The Bertz CT molecular complexity index is 1070. The summed E-state index contributed by atoms with van der Waals surface area (Å²) in [6.07, 6.45) is 4.19. The first-order valence-corrected chi connectivity index (χ1v) is 9.49. The molecule has 0 atom stereocenters. The highest BCUT2D eigenvalue weighted by molar-refractivity contribution is 7.15. The molecular weight excluding hydrogens is 380 g/mol. The third-order valence-corrected chi connectivity index (χ3v) is 5.22. The highest BCUT2D eigenvalue weighted by Crippen LogP contribution is 2.25. The zero-order chi connectivity index (χ0) is 18.6. The largest absolute Gasteiger partial charge is 0.296 e. The van der Waals surface area contributed by atoms with Crippen molar-refractivity contribution >= 4 is 34.0 Å². The third-order valence-electron chi connectivity index (χ3n) is 3.94. The van der Waals surface area contributed by atoms with Gasteiger partial charge >= 0.3 is 0 Å². The number of carbonyl (C=O) groups excluding carboxylic acids is 1. The fourth-order valence-electron chi connectivity index (χ4n) is 2.61. The van der Waals surface area contributed by atoms with E-state index in [-0.39, 0.29) is 5.91 Å². The van der Waals surface area contributed by atoms with Crippen LogP contribution in [0.2, 0.25) is 5.02 Å². The molecule has 0 fully saturated rings. The van der Waals surface area contributed by atoms with Crippen LogP contribution < -0.4 is 5.32 Å². The lowest BCUT2D eigenvalue weighted by Gasteiger charge is -2.01. The van der Waals surface area contributed by atoms with E-state index in [0.717, 1.165) is 21.2 Å². The van der Waals surface area contributed by atoms with Crippen molar-refractivity contribution in [3.8, 4) is 5.69 Å². The molecule has 2 aromatic carbocycles. The van der Waals surface area contributed by atoms with Gasteiger partial charge in [-0.05, 0) is 29.8 Å². The van der Waals surface area contributed by atoms with Gasteiger partial charge in [0.25, 0.3) is 5.91 Å². The molecule has 0 radical (unpaired) electrons. The molecule has 0 saturated heterocycles. The standard InChI is InChI=1S/C20H15ClN4OS/c21-17-9-5-4-6-14(17)12-16-13-22-20(27-16)23-19(26)18-10-11-25(24-18)15-7-2-1-3-8-15/h1-11,13H,12H2,(H,22,23,26). The molecule has 7 heteroatoms. The summed E-state index contributed by atoms with van der Waals surface area (Å²) in [7, 11) is 0. The predicted molar refractivity (Wildman–Crippen MR) is 108 cm³/mol. The number of para-hydroxylation sites is 1. The van der Waals surface area contributed by atoms with Gasteiger partial charge in [-0.1, -0.05) is 48.0 Å². The molecule has 4 aromatic rings. The number of benzene rings is 2. The maximum atomic E-state index is 12.4. The molecule has 5 nitrogen and oxygen atoms in total. The number of carbonyl (C=O) groups is 1. The van der Waals surface area contributed by atoms with Crippen LogP contribution in [0.3, 0.4) is 0 Å². The Labute approximate surface area is 165 Å². The van der Waals surface area contributed by atoms with Crippen LogP contribution in [0.5, 0.6) is 0 Å². The molecule has 0 aliphatic carbocycles. The Morgan fingerprint density at radius 2 is 1.85 bits per heavy atom. The summed E-state index contributed by atoms with van der Waals surface area (Å²) in [5, 5.41) is 8.39. The normalized spacial score (nSPS) is 10.7. The number of nitrogens with one attached hydrogen (secondary N) is 1. The van der Waals surface area contributed by atoms with Crippen LogP contribution >= 0.6 is 22.9 Å². The summed E-state index contributed by atoms with van der Waals surface area (Å²) in [6, 6.07) is 19.0. The van der Waals surface area contributed by atoms with E-state index in [2.05, 4.69) is 15.4 Å². The molecule has 1 amide bonds. The molecule has 134 valence electrons. The smallest absolute Gasteiger partial charge is 0.277 e. The van der Waals surface area contributed by atoms with Gasteiger partial charge in [-0.2, -0.15) is 5.10 Å². The van der Waals surface area contributed by atoms with Gasteiger partial charge in [-0.25, -0.2) is 9.67 Å². The zero-order valence-electron chi connectivity index (χ0n) is 14.2. The van der Waals surface area contributed by atoms with Gasteiger partial charge in [0.1, 0.15) is 0 Å². The Morgan fingerprint density at radius 3 is 2.67 bits per heavy atom. The third kappa shape index (κ3) is 4.07. The van der Waals surface area contributed by atoms with E-state index in [1.807, 2.05) is 54.6 Å². The van der Waals surface area contributed by atoms with Crippen LogP contribution in [-0.4, -0.2) is 20.7 Å². The van der Waals surface area contributed by atoms with Gasteiger partial charge in [0.15, 0.2) is 10.8 Å². The molecule has 2 aromatic heterocycles. The lowest BCUT2D eigenvalue weighted by atomic mass is 10.1. The minimum Gasteiger partial charge on any atom is -0.296 e. The number of halogens is 1. The summed E-state index contributed by atoms with van der Waals surface area (Å²) in [6.45, 7) is 0. The molecule has 1 N–H and O–H groups in total. The summed E-state index contributed by atoms with van der Waals surface area (Å²) in [5.41, 5.74) is 2.26. The number of rotatable bonds is 5. The quantitative estimate of drug-likeness (QED) is 0.527. The van der Waals surface area contributed by atoms with Gasteiger partial charge in [0.05, 0.1) is 5.69 Å². The van der Waals surface area contributed by atoms with Gasteiger partial charge in [-0.15, -0.1) is 11.3 Å². The molecule has 27 heavy (non-hydrogen) atoms. The van der Waals surface area contributed by atoms with E-state index in [0.29, 0.717) is 17.2 Å². The number of hydrogen-bond acceptors (Lipinski definition) is 4. The van der Waals surface area contributed by atoms with Gasteiger partial charge in [0, 0.05) is 28.7 Å². The molecule has 2 heterocycles. The van der Waals surface area contributed by atoms with Crippen molar-refractivity contribution in [1.82, 2.24) is 14.8 Å². The van der Waals surface area contributed by atoms with E-state index < -0.39 is 0 Å². The molecule has 4 rings (SSSR count). The molecule has 0 bridgehead atoms. The Balaban J connectivity index is 1.44. The second-order valence-electron chi connectivity index (χ2n) is 5.84. The van der Waals surface area contributed by atoms with Crippen molar-refractivity contribution in [2.24, 2.45) is 0 Å². The lowest BCUT2D eigenvalue weighted by Crippen LogP contribution is -2.12. The maximum Gasteiger partial charge on any atom is 0.277 e. The Kier molecular flexibility index (Phi) is 5.00. The first-order chi connectivity index (χ1) is 13.2. The van der Waals surface area contributed by atoms with Crippen molar-refractivity contribution in [3.05, 3.63) is 94.2 Å². The highest BCUT2D eigenvalue weighted by Gasteiger charge is 2.13. The van der Waals surface area contributed by atoms with E-state index in [9.17, 15) is 4.79 Å². The minimum absolute atomic E-state index is 0.289. The Morgan fingerprint density at radius 1 is 1.07 bits per heavy atom. The number of aromatic nitrogens is 3. The van der Waals surface area contributed by atoms with E-state index >= 15 is 0 Å². The number of anilines is 1. The van der Waals surface area contributed by atoms with Crippen molar-refractivity contribution in [3.63, 3.8) is 0 Å². The minimum atomic E-state index is -0.289. The van der Waals surface area contributed by atoms with Crippen LogP contribution in [-0.2, 0) is 6.42 Å². The number of hydrogen-bond donors (Lipinski definition) is 1. The van der Waals surface area contributed by atoms with Crippen LogP contribution in [0, 0.1) is 0 Å². The van der Waals surface area contributed by atoms with Crippen LogP contribution in [0.25, 0.3) is 5.69 Å². The first kappa shape index (κ1) is 17.5. The zero-order valence-corrected chi connectivity index (χ0v) is 15.7. The number of amides is 1. The van der Waals surface area contributed by atoms with Gasteiger partial charge in [0.2, 0.25) is 0 Å². The fraction of sp³-hybridized carbons (Fsp3) is 0.0500. The average Bonchev–Trinajstić information content (AvgIpc) is 3.34. The second kappa shape index (κ2) is 7.73. The van der Waals surface area contributed by atoms with Crippen molar-refractivity contribution in [2.75, 3.05) is 5.32 Å². The molecular formula is C20H15ClN4OS. The van der Waals surface area contributed by atoms with Crippen molar-refractivity contribution in [2.45, 2.75) is 6.42 Å². The topological polar surface area (TPSA) is 59.8 Å². The van der Waals surface area contributed by atoms with E-state index in [4.69, 9.17) is 11.6 Å². The fourth-order valence-corrected chi connectivity index (χ4v) is 3.64. The van der Waals surface area contributed by atoms with Gasteiger partial charge in [-0.3, -0.25) is 10.1 Å². The SMILES string of the molecule is O=C(Nc1ncc(Cc2ccccc2Cl)s1)c1ccn(-c2ccccc2)n1. The Hall–Kier alpha value is -2.96. The average molecular weight is 395 g/mol. The molecule has 0 saturated carbocycles. The van der Waals surface area contributed by atoms with Crippen molar-refractivity contribution in [1.29, 1.82) is 0 Å². The highest BCUT2D eigenvalue weighted by atomic mass is 35.5. The van der Waals surface area contributed by atoms with Crippen molar-refractivity contribution < 1.29 is 4.79 Å².